The van der Waals surface area contributed by atoms with E-state index in [1.807, 2.05) is 4.90 Å². The summed E-state index contributed by atoms with van der Waals surface area (Å²) in [5.41, 5.74) is 0.930. The Morgan fingerprint density at radius 2 is 2.06 bits per heavy atom. The van der Waals surface area contributed by atoms with E-state index in [9.17, 15) is 13.2 Å². The van der Waals surface area contributed by atoms with Crippen molar-refractivity contribution in [1.82, 2.24) is 9.47 Å². The molecule has 0 unspecified atom stereocenters. The Bertz CT molecular complexity index is 573. The van der Waals surface area contributed by atoms with Crippen molar-refractivity contribution in [2.24, 2.45) is 12.2 Å². The van der Waals surface area contributed by atoms with Crippen LogP contribution in [0.15, 0.2) is 23.1 Å². The van der Waals surface area contributed by atoms with Gasteiger partial charge in [0, 0.05) is 38.9 Å². The summed E-state index contributed by atoms with van der Waals surface area (Å²) in [4.78, 5) is 13.2. The number of aromatic nitrogens is 1. The highest BCUT2D eigenvalue weighted by Crippen LogP contribution is 2.16. The van der Waals surface area contributed by atoms with Crippen LogP contribution in [-0.4, -0.2) is 36.2 Å². The normalized spacial score (nSPS) is 18.0. The fourth-order valence-electron chi connectivity index (χ4n) is 1.86. The molecule has 1 aromatic rings. The van der Waals surface area contributed by atoms with Crippen LogP contribution >= 0.6 is 0 Å². The smallest absolute Gasteiger partial charge is 0.250 e. The van der Waals surface area contributed by atoms with E-state index in [0.717, 1.165) is 5.56 Å². The van der Waals surface area contributed by atoms with E-state index in [0.29, 0.717) is 19.6 Å². The summed E-state index contributed by atoms with van der Waals surface area (Å²) in [7, 11) is -1.71. The number of pyridine rings is 1. The Labute approximate surface area is 99.7 Å². The molecule has 0 spiro atoms. The van der Waals surface area contributed by atoms with Gasteiger partial charge < -0.3 is 4.57 Å². The molecule has 94 valence electrons. The van der Waals surface area contributed by atoms with E-state index in [1.165, 1.54) is 10.6 Å². The van der Waals surface area contributed by atoms with Crippen molar-refractivity contribution in [2.75, 3.05) is 13.1 Å². The Hall–Kier alpha value is -1.18. The first-order chi connectivity index (χ1) is 7.86. The maximum absolute atomic E-state index is 11.2. The second-order valence-corrected chi connectivity index (χ2v) is 6.24. The maximum Gasteiger partial charge on any atom is 0.250 e. The lowest BCUT2D eigenvalue weighted by Crippen LogP contribution is -2.55. The van der Waals surface area contributed by atoms with E-state index in [2.05, 4.69) is 0 Å². The molecule has 0 aromatic carbocycles. The quantitative estimate of drug-likeness (QED) is 0.741. The van der Waals surface area contributed by atoms with Gasteiger partial charge >= 0.3 is 0 Å². The first kappa shape index (κ1) is 12.3. The van der Waals surface area contributed by atoms with E-state index >= 15 is 0 Å². The van der Waals surface area contributed by atoms with Gasteiger partial charge in [-0.1, -0.05) is 6.07 Å². The molecular weight excluding hydrogens is 242 g/mol. The summed E-state index contributed by atoms with van der Waals surface area (Å²) in [5, 5.41) is 4.59. The molecule has 1 saturated heterocycles. The second-order valence-electron chi connectivity index (χ2n) is 4.39. The van der Waals surface area contributed by atoms with Gasteiger partial charge in [0.05, 0.1) is 0 Å². The Balaban J connectivity index is 1.96. The molecule has 1 aliphatic heterocycles. The molecule has 2 N–H and O–H groups in total. The van der Waals surface area contributed by atoms with Crippen molar-refractivity contribution >= 4 is 10.0 Å². The van der Waals surface area contributed by atoms with Gasteiger partial charge in [0.1, 0.15) is 5.25 Å². The number of hydrogen-bond acceptors (Lipinski definition) is 4. The first-order valence-electron chi connectivity index (χ1n) is 5.26. The molecule has 0 atom stereocenters. The number of nitrogens with two attached hydrogens (primary N) is 1. The standard InChI is InChI=1S/C10H15N3O3S/c1-12-4-8(2-3-10(12)14)5-13-6-9(7-13)17(11,15)16/h2-4,9H,5-7H2,1H3,(H2,11,15,16). The summed E-state index contributed by atoms with van der Waals surface area (Å²) in [5.74, 6) is 0. The topological polar surface area (TPSA) is 85.4 Å². The van der Waals surface area contributed by atoms with E-state index in [1.54, 1.807) is 19.3 Å². The van der Waals surface area contributed by atoms with Crippen LogP contribution in [0, 0.1) is 0 Å². The minimum absolute atomic E-state index is 0.0558. The third-order valence-electron chi connectivity index (χ3n) is 2.94. The molecule has 1 aromatic heterocycles. The highest BCUT2D eigenvalue weighted by atomic mass is 32.2. The van der Waals surface area contributed by atoms with Crippen LogP contribution in [0.1, 0.15) is 5.56 Å². The maximum atomic E-state index is 11.2. The van der Waals surface area contributed by atoms with Gasteiger partial charge in [-0.3, -0.25) is 9.69 Å². The predicted molar refractivity (Wildman–Crippen MR) is 63.9 cm³/mol. The fraction of sp³-hybridized carbons (Fsp3) is 0.500. The number of nitrogens with zero attached hydrogens (tertiary/aromatic N) is 2. The number of aryl methyl sites for hydroxylation is 1. The first-order valence-corrected chi connectivity index (χ1v) is 6.87. The van der Waals surface area contributed by atoms with Gasteiger partial charge in [0.15, 0.2) is 0 Å². The third-order valence-corrected chi connectivity index (χ3v) is 4.17. The van der Waals surface area contributed by atoms with Gasteiger partial charge in [-0.05, 0) is 5.56 Å². The summed E-state index contributed by atoms with van der Waals surface area (Å²) in [6.45, 7) is 1.56. The summed E-state index contributed by atoms with van der Waals surface area (Å²) >= 11 is 0. The van der Waals surface area contributed by atoms with Crippen LogP contribution in [0.3, 0.4) is 0 Å². The number of rotatable bonds is 3. The third kappa shape index (κ3) is 2.74. The lowest BCUT2D eigenvalue weighted by Gasteiger charge is -2.37. The molecule has 17 heavy (non-hydrogen) atoms. The molecule has 0 aliphatic carbocycles. The van der Waals surface area contributed by atoms with Crippen LogP contribution in [0.2, 0.25) is 0 Å². The van der Waals surface area contributed by atoms with Crippen LogP contribution < -0.4 is 10.7 Å². The number of sulfonamides is 1. The zero-order chi connectivity index (χ0) is 12.6. The molecular formula is C10H15N3O3S. The van der Waals surface area contributed by atoms with Crippen molar-refractivity contribution < 1.29 is 8.42 Å². The molecule has 0 amide bonds. The second kappa shape index (κ2) is 4.25. The summed E-state index contributed by atoms with van der Waals surface area (Å²) in [6.07, 6.45) is 1.76. The highest BCUT2D eigenvalue weighted by Gasteiger charge is 2.34. The van der Waals surface area contributed by atoms with E-state index < -0.39 is 15.3 Å². The molecule has 0 saturated carbocycles. The lowest BCUT2D eigenvalue weighted by molar-refractivity contribution is 0.175. The highest BCUT2D eigenvalue weighted by molar-refractivity contribution is 7.89. The predicted octanol–water partition coefficient (Wildman–Crippen LogP) is -1.14. The minimum Gasteiger partial charge on any atom is -0.318 e. The monoisotopic (exact) mass is 257 g/mol. The van der Waals surface area contributed by atoms with Crippen molar-refractivity contribution in [3.8, 4) is 0 Å². The van der Waals surface area contributed by atoms with Crippen LogP contribution in [0.25, 0.3) is 0 Å². The Morgan fingerprint density at radius 1 is 1.41 bits per heavy atom. The SMILES string of the molecule is Cn1cc(CN2CC(S(N)(=O)=O)C2)ccc1=O. The fourth-order valence-corrected chi connectivity index (χ4v) is 2.70. The van der Waals surface area contributed by atoms with Crippen molar-refractivity contribution in [1.29, 1.82) is 0 Å². The van der Waals surface area contributed by atoms with Crippen molar-refractivity contribution in [2.45, 2.75) is 11.8 Å². The minimum atomic E-state index is -3.40. The van der Waals surface area contributed by atoms with Crippen LogP contribution in [0.5, 0.6) is 0 Å². The lowest BCUT2D eigenvalue weighted by atomic mass is 10.1. The zero-order valence-corrected chi connectivity index (χ0v) is 10.4. The largest absolute Gasteiger partial charge is 0.318 e. The molecule has 0 bridgehead atoms. The van der Waals surface area contributed by atoms with Gasteiger partial charge in [-0.25, -0.2) is 13.6 Å². The van der Waals surface area contributed by atoms with Crippen LogP contribution in [-0.2, 0) is 23.6 Å². The molecule has 0 radical (unpaired) electrons. The molecule has 2 rings (SSSR count). The number of likely N-dealkylation sites (tertiary alicyclic amines) is 1. The summed E-state index contributed by atoms with van der Waals surface area (Å²) in [6, 6.07) is 3.26. The Morgan fingerprint density at radius 3 is 2.59 bits per heavy atom. The van der Waals surface area contributed by atoms with E-state index in [-0.39, 0.29) is 5.56 Å². The number of primary sulfonamides is 1. The number of hydrogen-bond donors (Lipinski definition) is 1. The molecule has 2 heterocycles. The molecule has 7 heteroatoms. The van der Waals surface area contributed by atoms with Gasteiger partial charge in [0.25, 0.3) is 0 Å². The van der Waals surface area contributed by atoms with Crippen molar-refractivity contribution in [3.05, 3.63) is 34.2 Å². The van der Waals surface area contributed by atoms with Gasteiger partial charge in [0.2, 0.25) is 15.6 Å². The van der Waals surface area contributed by atoms with E-state index in [4.69, 9.17) is 5.14 Å². The Kier molecular flexibility index (Phi) is 3.07. The molecule has 6 nitrogen and oxygen atoms in total. The summed E-state index contributed by atoms with van der Waals surface area (Å²) < 4.78 is 23.5. The van der Waals surface area contributed by atoms with Gasteiger partial charge in [-0.2, -0.15) is 0 Å². The van der Waals surface area contributed by atoms with Crippen molar-refractivity contribution in [3.63, 3.8) is 0 Å². The molecule has 1 fully saturated rings. The van der Waals surface area contributed by atoms with Gasteiger partial charge in [-0.15, -0.1) is 0 Å². The molecule has 1 aliphatic rings. The zero-order valence-electron chi connectivity index (χ0n) is 9.54. The average Bonchev–Trinajstić information content (AvgIpc) is 2.14. The van der Waals surface area contributed by atoms with Crippen LogP contribution in [0.4, 0.5) is 0 Å². The average molecular weight is 257 g/mol.